The van der Waals surface area contributed by atoms with E-state index in [1.165, 1.54) is 12.1 Å². The van der Waals surface area contributed by atoms with Crippen LogP contribution in [0, 0.1) is 12.7 Å². The van der Waals surface area contributed by atoms with Crippen LogP contribution in [0.4, 0.5) is 15.8 Å². The Labute approximate surface area is 213 Å². The van der Waals surface area contributed by atoms with Gasteiger partial charge in [0.15, 0.2) is 0 Å². The van der Waals surface area contributed by atoms with Gasteiger partial charge in [-0.2, -0.15) is 11.8 Å². The lowest BCUT2D eigenvalue weighted by molar-refractivity contribution is 0.613. The number of rotatable bonds is 4. The third-order valence-corrected chi connectivity index (χ3v) is 7.62. The number of thioether (sulfide) groups is 1. The number of anilines is 2. The van der Waals surface area contributed by atoms with Crippen LogP contribution >= 0.6 is 11.8 Å². The van der Waals surface area contributed by atoms with E-state index in [-0.39, 0.29) is 11.9 Å². The van der Waals surface area contributed by atoms with Gasteiger partial charge >= 0.3 is 0 Å². The van der Waals surface area contributed by atoms with E-state index >= 15 is 0 Å². The molecule has 1 aliphatic carbocycles. The van der Waals surface area contributed by atoms with E-state index in [9.17, 15) is 4.39 Å². The smallest absolute Gasteiger partial charge is 0.123 e. The average molecular weight is 496 g/mol. The van der Waals surface area contributed by atoms with Gasteiger partial charge in [-0.05, 0) is 91.9 Å². The number of fused-ring (bicyclic) bond motifs is 2. The summed E-state index contributed by atoms with van der Waals surface area (Å²) in [7, 11) is 0. The van der Waals surface area contributed by atoms with Gasteiger partial charge in [0, 0.05) is 11.9 Å². The number of halogens is 1. The molecule has 5 nitrogen and oxygen atoms in total. The van der Waals surface area contributed by atoms with Crippen molar-refractivity contribution in [1.82, 2.24) is 14.5 Å². The number of benzene rings is 3. The molecule has 3 aliphatic rings. The lowest BCUT2D eigenvalue weighted by atomic mass is 10.1. The fraction of sp³-hybridized carbons (Fsp3) is 0.207. The summed E-state index contributed by atoms with van der Waals surface area (Å²) in [6, 6.07) is 23.1. The number of aromatic nitrogens is 3. The monoisotopic (exact) mass is 495 g/mol. The highest BCUT2D eigenvalue weighted by Gasteiger charge is 2.18. The maximum absolute atomic E-state index is 13.8. The number of nitrogens with zero attached hydrogens (tertiary/aromatic N) is 4. The Morgan fingerprint density at radius 3 is 2.58 bits per heavy atom. The predicted octanol–water partition coefficient (Wildman–Crippen LogP) is 6.51. The summed E-state index contributed by atoms with van der Waals surface area (Å²) in [5.41, 5.74) is 7.24. The summed E-state index contributed by atoms with van der Waals surface area (Å²) in [5, 5.41) is 4.48. The second-order valence-electron chi connectivity index (χ2n) is 9.00. The summed E-state index contributed by atoms with van der Waals surface area (Å²) in [4.78, 5) is 14.7. The van der Waals surface area contributed by atoms with Gasteiger partial charge in [-0.15, -0.1) is 0 Å². The Kier molecular flexibility index (Phi) is 6.15. The molecule has 0 amide bonds. The molecule has 0 radical (unpaired) electrons. The van der Waals surface area contributed by atoms with Crippen molar-refractivity contribution in [3.05, 3.63) is 95.9 Å². The van der Waals surface area contributed by atoms with Gasteiger partial charge in [0.25, 0.3) is 0 Å². The van der Waals surface area contributed by atoms with Crippen molar-refractivity contribution in [2.24, 2.45) is 4.99 Å². The van der Waals surface area contributed by atoms with Crippen molar-refractivity contribution in [2.45, 2.75) is 25.8 Å². The second kappa shape index (κ2) is 9.74. The Bertz CT molecular complexity index is 1570. The van der Waals surface area contributed by atoms with E-state index in [4.69, 9.17) is 9.98 Å². The molecule has 1 N–H and O–H groups in total. The average Bonchev–Trinajstić information content (AvgIpc) is 2.90. The Morgan fingerprint density at radius 1 is 0.972 bits per heavy atom. The fourth-order valence-corrected chi connectivity index (χ4v) is 5.77. The first-order valence-electron chi connectivity index (χ1n) is 12.2. The number of hydrogen-bond acceptors (Lipinski definition) is 5. The topological polar surface area (TPSA) is 55.1 Å². The molecule has 0 unspecified atom stereocenters. The van der Waals surface area contributed by atoms with Gasteiger partial charge in [0.2, 0.25) is 0 Å². The van der Waals surface area contributed by atoms with Gasteiger partial charge in [-0.3, -0.25) is 9.98 Å². The lowest BCUT2D eigenvalue weighted by Gasteiger charge is -2.22. The van der Waals surface area contributed by atoms with Crippen LogP contribution in [0.15, 0.2) is 84.0 Å². The van der Waals surface area contributed by atoms with Crippen LogP contribution in [0.3, 0.4) is 0 Å². The molecule has 1 aromatic heterocycles. The van der Waals surface area contributed by atoms with Crippen molar-refractivity contribution in [3.63, 3.8) is 0 Å². The third kappa shape index (κ3) is 4.46. The van der Waals surface area contributed by atoms with Gasteiger partial charge < -0.3 is 9.88 Å². The van der Waals surface area contributed by atoms with Crippen LogP contribution in [0.1, 0.15) is 18.5 Å². The van der Waals surface area contributed by atoms with Crippen LogP contribution in [-0.2, 0) is 0 Å². The number of hydrogen-bond donors (Lipinski definition) is 1. The zero-order chi connectivity index (χ0) is 24.5. The quantitative estimate of drug-likeness (QED) is 0.289. The Morgan fingerprint density at radius 2 is 1.78 bits per heavy atom. The van der Waals surface area contributed by atoms with E-state index in [2.05, 4.69) is 27.0 Å². The normalized spacial score (nSPS) is 15.0. The van der Waals surface area contributed by atoms with E-state index < -0.39 is 0 Å². The van der Waals surface area contributed by atoms with Crippen molar-refractivity contribution < 1.29 is 4.39 Å². The molecule has 36 heavy (non-hydrogen) atoms. The second-order valence-corrected chi connectivity index (χ2v) is 10.2. The first kappa shape index (κ1) is 22.7. The van der Waals surface area contributed by atoms with Crippen molar-refractivity contribution in [3.8, 4) is 17.1 Å². The molecule has 0 atom stereocenters. The molecule has 3 heterocycles. The minimum atomic E-state index is -0.258. The molecule has 1 fully saturated rings. The number of nitrogens with one attached hydrogen (secondary N) is 1. The lowest BCUT2D eigenvalue weighted by Crippen LogP contribution is -2.21. The molecular weight excluding hydrogens is 469 g/mol. The molecule has 6 rings (SSSR count). The molecule has 1 saturated heterocycles. The van der Waals surface area contributed by atoms with Crippen LogP contribution in [0.5, 0.6) is 0 Å². The molecule has 7 heteroatoms. The van der Waals surface area contributed by atoms with Crippen molar-refractivity contribution in [1.29, 1.82) is 0 Å². The van der Waals surface area contributed by atoms with Crippen LogP contribution in [0.25, 0.3) is 28.1 Å². The first-order valence-corrected chi connectivity index (χ1v) is 13.3. The van der Waals surface area contributed by atoms with Crippen LogP contribution in [-0.4, -0.2) is 32.1 Å². The Hall–Kier alpha value is -3.71. The number of para-hydroxylation sites is 2. The van der Waals surface area contributed by atoms with E-state index in [1.807, 2.05) is 67.2 Å². The maximum atomic E-state index is 13.8. The van der Waals surface area contributed by atoms with E-state index in [1.54, 1.807) is 6.20 Å². The molecule has 0 saturated carbocycles. The molecule has 0 spiro atoms. The molecule has 2 aromatic carbocycles. The standard InChI is InChI=1S/C29H26FN5S/c1-19-23(6-4-14-31-19)33-25-17-27-29(18-26(25)32-21-12-15-36-16-13-21)35(22-10-8-20(30)9-11-22)28-7-3-2-5-24(28)34-27/h2-11,14,17-18,21,33H,12-13,15-16H2,1H3/b32-26+. The minimum absolute atomic E-state index is 0.258. The largest absolute Gasteiger partial charge is 0.352 e. The number of aryl methyl sites for hydroxylation is 1. The number of pyridine rings is 1. The molecule has 0 bridgehead atoms. The SMILES string of the molecule is Cc1ncccc1Nc1cc2nc3ccccc3n(-c3ccc(F)cc3)c-2c/c1=N\C1CCSCC1. The highest BCUT2D eigenvalue weighted by Crippen LogP contribution is 2.31. The zero-order valence-electron chi connectivity index (χ0n) is 20.0. The van der Waals surface area contributed by atoms with Gasteiger partial charge in [-0.25, -0.2) is 9.37 Å². The van der Waals surface area contributed by atoms with Gasteiger partial charge in [-0.1, -0.05) is 12.1 Å². The van der Waals surface area contributed by atoms with E-state index in [0.29, 0.717) is 0 Å². The molecule has 2 aliphatic heterocycles. The van der Waals surface area contributed by atoms with E-state index in [0.717, 1.165) is 74.9 Å². The minimum Gasteiger partial charge on any atom is -0.352 e. The van der Waals surface area contributed by atoms with Crippen LogP contribution < -0.4 is 10.7 Å². The highest BCUT2D eigenvalue weighted by molar-refractivity contribution is 7.99. The summed E-state index contributed by atoms with van der Waals surface area (Å²) in [6.07, 6.45) is 3.94. The first-order chi connectivity index (χ1) is 17.7. The van der Waals surface area contributed by atoms with Gasteiger partial charge in [0.05, 0.1) is 50.9 Å². The summed E-state index contributed by atoms with van der Waals surface area (Å²) in [6.45, 7) is 1.99. The molecular formula is C29H26FN5S. The summed E-state index contributed by atoms with van der Waals surface area (Å²) in [5.74, 6) is 2.01. The van der Waals surface area contributed by atoms with Gasteiger partial charge in [0.1, 0.15) is 5.82 Å². The molecule has 180 valence electrons. The highest BCUT2D eigenvalue weighted by atomic mass is 32.2. The summed E-state index contributed by atoms with van der Waals surface area (Å²) >= 11 is 1.99. The summed E-state index contributed by atoms with van der Waals surface area (Å²) < 4.78 is 15.9. The Balaban J connectivity index is 1.63. The fourth-order valence-electron chi connectivity index (χ4n) is 4.69. The van der Waals surface area contributed by atoms with Crippen molar-refractivity contribution >= 4 is 34.2 Å². The predicted molar refractivity (Wildman–Crippen MR) is 146 cm³/mol. The maximum Gasteiger partial charge on any atom is 0.123 e. The molecule has 3 aromatic rings. The third-order valence-electron chi connectivity index (χ3n) is 6.57. The zero-order valence-corrected chi connectivity index (χ0v) is 20.8. The van der Waals surface area contributed by atoms with Crippen LogP contribution in [0.2, 0.25) is 0 Å². The van der Waals surface area contributed by atoms with Crippen molar-refractivity contribution in [2.75, 3.05) is 16.8 Å².